The SMILES string of the molecule is C=CC(=O)N1CCN(C2=NC(=O)N3CCSC4C(c5ccc(F)cc5F)=C(Cl)C=C2C43C)C[C@@H]1CC#N. The smallest absolute Gasteiger partial charge is 0.346 e. The molecule has 4 aliphatic rings. The summed E-state index contributed by atoms with van der Waals surface area (Å²) in [6.07, 6.45) is 3.07. The molecule has 1 aromatic rings. The van der Waals surface area contributed by atoms with Crippen LogP contribution in [-0.2, 0) is 4.79 Å². The largest absolute Gasteiger partial charge is 0.352 e. The van der Waals surface area contributed by atoms with E-state index in [1.165, 1.54) is 18.2 Å². The number of carbonyl (C=O) groups is 2. The Kier molecular flexibility index (Phi) is 6.62. The number of benzene rings is 1. The van der Waals surface area contributed by atoms with Gasteiger partial charge >= 0.3 is 6.03 Å². The first-order valence-corrected chi connectivity index (χ1v) is 13.3. The van der Waals surface area contributed by atoms with Crippen molar-refractivity contribution in [3.63, 3.8) is 0 Å². The second-order valence-electron chi connectivity index (χ2n) is 9.41. The molecule has 192 valence electrons. The first-order chi connectivity index (χ1) is 17.7. The molecule has 5 rings (SSSR count). The van der Waals surface area contributed by atoms with Crippen molar-refractivity contribution in [2.75, 3.05) is 31.9 Å². The molecule has 3 aliphatic heterocycles. The standard InChI is InChI=1S/C26H24ClF2N5O2S/c1-3-21(35)33-9-8-32(14-16(33)6-7-30)24-18-13-19(27)22(17-5-4-15(28)12-20(17)29)23-26(18,2)34(10-11-37-23)25(36)31-24/h3-5,12-13,16,23H,1,6,8-11,14H2,2H3/t16-,23?,26?/m0/s1. The van der Waals surface area contributed by atoms with Crippen LogP contribution in [0.2, 0.25) is 0 Å². The molecule has 37 heavy (non-hydrogen) atoms. The predicted molar refractivity (Wildman–Crippen MR) is 139 cm³/mol. The Hall–Kier alpha value is -3.16. The molecule has 2 unspecified atom stereocenters. The Morgan fingerprint density at radius 1 is 1.38 bits per heavy atom. The van der Waals surface area contributed by atoms with Gasteiger partial charge in [-0.3, -0.25) is 4.79 Å². The van der Waals surface area contributed by atoms with E-state index in [4.69, 9.17) is 11.6 Å². The van der Waals surface area contributed by atoms with E-state index < -0.39 is 34.5 Å². The van der Waals surface area contributed by atoms with Crippen molar-refractivity contribution in [3.05, 3.63) is 64.7 Å². The normalized spacial score (nSPS) is 27.3. The molecule has 2 saturated heterocycles. The van der Waals surface area contributed by atoms with Crippen LogP contribution >= 0.6 is 23.4 Å². The number of urea groups is 1. The number of hydrogen-bond acceptors (Lipinski definition) is 5. The van der Waals surface area contributed by atoms with Crippen LogP contribution in [0.5, 0.6) is 0 Å². The number of hydrogen-bond donors (Lipinski definition) is 0. The van der Waals surface area contributed by atoms with Crippen LogP contribution < -0.4 is 0 Å². The third-order valence-corrected chi connectivity index (χ3v) is 9.23. The lowest BCUT2D eigenvalue weighted by molar-refractivity contribution is -0.130. The summed E-state index contributed by atoms with van der Waals surface area (Å²) >= 11 is 8.38. The maximum atomic E-state index is 14.9. The Bertz CT molecular complexity index is 1340. The fourth-order valence-electron chi connectivity index (χ4n) is 5.68. The maximum absolute atomic E-state index is 14.9. The summed E-state index contributed by atoms with van der Waals surface area (Å²) in [7, 11) is 0. The van der Waals surface area contributed by atoms with Crippen LogP contribution in [0.15, 0.2) is 52.5 Å². The minimum atomic E-state index is -0.884. The third-order valence-electron chi connectivity index (χ3n) is 7.47. The fraction of sp³-hybridized carbons (Fsp3) is 0.385. The molecule has 3 amide bonds. The van der Waals surface area contributed by atoms with Gasteiger partial charge in [-0.2, -0.15) is 10.3 Å². The molecular weight excluding hydrogens is 520 g/mol. The van der Waals surface area contributed by atoms with Gasteiger partial charge in [0.2, 0.25) is 5.91 Å². The quantitative estimate of drug-likeness (QED) is 0.535. The summed E-state index contributed by atoms with van der Waals surface area (Å²) < 4.78 is 28.6. The molecule has 7 nitrogen and oxygen atoms in total. The first kappa shape index (κ1) is 25.5. The van der Waals surface area contributed by atoms with Crippen molar-refractivity contribution in [1.82, 2.24) is 14.7 Å². The Labute approximate surface area is 222 Å². The van der Waals surface area contributed by atoms with Gasteiger partial charge in [-0.25, -0.2) is 13.6 Å². The zero-order valence-corrected chi connectivity index (χ0v) is 21.7. The molecule has 0 N–H and O–H groups in total. The fourth-order valence-corrected chi connectivity index (χ4v) is 7.58. The summed E-state index contributed by atoms with van der Waals surface area (Å²) in [5.74, 6) is -0.603. The van der Waals surface area contributed by atoms with Crippen molar-refractivity contribution in [1.29, 1.82) is 5.26 Å². The van der Waals surface area contributed by atoms with Crippen LogP contribution in [0.3, 0.4) is 0 Å². The maximum Gasteiger partial charge on any atom is 0.346 e. The van der Waals surface area contributed by atoms with Crippen molar-refractivity contribution < 1.29 is 18.4 Å². The minimum Gasteiger partial charge on any atom is -0.352 e. The van der Waals surface area contributed by atoms with Gasteiger partial charge in [-0.05, 0) is 36.8 Å². The predicted octanol–water partition coefficient (Wildman–Crippen LogP) is 4.18. The second kappa shape index (κ2) is 9.62. The Morgan fingerprint density at radius 2 is 2.16 bits per heavy atom. The molecule has 0 spiro atoms. The second-order valence-corrected chi connectivity index (χ2v) is 11.0. The first-order valence-electron chi connectivity index (χ1n) is 11.8. The van der Waals surface area contributed by atoms with Gasteiger partial charge in [0.05, 0.1) is 29.3 Å². The molecule has 3 heterocycles. The van der Waals surface area contributed by atoms with Crippen molar-refractivity contribution >= 4 is 46.7 Å². The van der Waals surface area contributed by atoms with Gasteiger partial charge in [0, 0.05) is 54.2 Å². The number of amides is 3. The molecule has 2 fully saturated rings. The van der Waals surface area contributed by atoms with E-state index in [0.29, 0.717) is 48.4 Å². The number of nitriles is 1. The van der Waals surface area contributed by atoms with Gasteiger partial charge in [-0.1, -0.05) is 18.2 Å². The number of aliphatic imine (C=N–C) groups is 1. The Balaban J connectivity index is 1.60. The number of carbonyl (C=O) groups excluding carboxylic acids is 2. The topological polar surface area (TPSA) is 80.0 Å². The molecular formula is C26H24ClF2N5O2S. The van der Waals surface area contributed by atoms with Crippen molar-refractivity contribution in [2.24, 2.45) is 4.99 Å². The van der Waals surface area contributed by atoms with E-state index in [9.17, 15) is 23.6 Å². The summed E-state index contributed by atoms with van der Waals surface area (Å²) in [6.45, 7) is 6.99. The van der Waals surface area contributed by atoms with Crippen molar-refractivity contribution in [2.45, 2.75) is 30.2 Å². The molecule has 3 atom stereocenters. The van der Waals surface area contributed by atoms with Gasteiger partial charge < -0.3 is 14.7 Å². The van der Waals surface area contributed by atoms with E-state index in [1.54, 1.807) is 27.6 Å². The number of rotatable bonds is 3. The average molecular weight is 544 g/mol. The number of piperazine rings is 1. The number of thioether (sulfide) groups is 1. The molecule has 1 aromatic carbocycles. The number of amidine groups is 1. The zero-order chi connectivity index (χ0) is 26.5. The molecule has 1 aliphatic carbocycles. The third kappa shape index (κ3) is 4.05. The molecule has 11 heteroatoms. The summed E-state index contributed by atoms with van der Waals surface area (Å²) in [4.78, 5) is 35.4. The molecule has 0 bridgehead atoms. The summed E-state index contributed by atoms with van der Waals surface area (Å²) in [6, 6.07) is 4.74. The average Bonchev–Trinajstić information content (AvgIpc) is 2.87. The van der Waals surface area contributed by atoms with Crippen LogP contribution in [-0.4, -0.2) is 81.2 Å². The van der Waals surface area contributed by atoms with E-state index in [2.05, 4.69) is 17.6 Å². The minimum absolute atomic E-state index is 0.118. The lowest BCUT2D eigenvalue weighted by Crippen LogP contribution is -2.67. The lowest BCUT2D eigenvalue weighted by atomic mass is 9.75. The molecule has 0 radical (unpaired) electrons. The Morgan fingerprint density at radius 3 is 2.86 bits per heavy atom. The number of halogens is 3. The van der Waals surface area contributed by atoms with Crippen LogP contribution in [0, 0.1) is 23.0 Å². The molecule has 0 saturated carbocycles. The van der Waals surface area contributed by atoms with Gasteiger partial charge in [0.1, 0.15) is 17.5 Å². The lowest BCUT2D eigenvalue weighted by Gasteiger charge is -2.56. The summed E-state index contributed by atoms with van der Waals surface area (Å²) in [5.41, 5.74) is 0.548. The van der Waals surface area contributed by atoms with Crippen LogP contribution in [0.4, 0.5) is 13.6 Å². The molecule has 0 aromatic heterocycles. The highest BCUT2D eigenvalue weighted by atomic mass is 35.5. The highest BCUT2D eigenvalue weighted by Gasteiger charge is 2.56. The number of nitrogens with zero attached hydrogens (tertiary/aromatic N) is 5. The monoisotopic (exact) mass is 543 g/mol. The van der Waals surface area contributed by atoms with Gasteiger partial charge in [0.15, 0.2) is 0 Å². The highest BCUT2D eigenvalue weighted by molar-refractivity contribution is 8.00. The van der Waals surface area contributed by atoms with E-state index in [1.807, 2.05) is 11.8 Å². The summed E-state index contributed by atoms with van der Waals surface area (Å²) in [5, 5.41) is 9.25. The van der Waals surface area contributed by atoms with Crippen LogP contribution in [0.25, 0.3) is 5.57 Å². The van der Waals surface area contributed by atoms with E-state index in [0.717, 1.165) is 11.6 Å². The zero-order valence-electron chi connectivity index (χ0n) is 20.1. The van der Waals surface area contributed by atoms with E-state index >= 15 is 0 Å². The number of allylic oxidation sites excluding steroid dienone is 2. The van der Waals surface area contributed by atoms with Crippen LogP contribution in [0.1, 0.15) is 18.9 Å². The van der Waals surface area contributed by atoms with Gasteiger partial charge in [0.25, 0.3) is 0 Å². The van der Waals surface area contributed by atoms with Gasteiger partial charge in [-0.15, -0.1) is 11.8 Å². The van der Waals surface area contributed by atoms with Crippen molar-refractivity contribution in [3.8, 4) is 6.07 Å². The van der Waals surface area contributed by atoms with E-state index in [-0.39, 0.29) is 17.9 Å². The highest BCUT2D eigenvalue weighted by Crippen LogP contribution is 2.53.